The Morgan fingerprint density at radius 1 is 0.625 bits per heavy atom. The summed E-state index contributed by atoms with van der Waals surface area (Å²) >= 11 is 0. The average Bonchev–Trinajstić information content (AvgIpc) is 3.30. The Morgan fingerprint density at radius 2 is 1.05 bits per heavy atom. The summed E-state index contributed by atoms with van der Waals surface area (Å²) in [4.78, 5) is 12.2. The van der Waals surface area contributed by atoms with Gasteiger partial charge in [0.05, 0.1) is 72.7 Å². The third-order valence-corrected chi connectivity index (χ3v) is 6.36. The Kier molecular flexibility index (Phi) is 16.3. The van der Waals surface area contributed by atoms with Crippen LogP contribution >= 0.6 is 0 Å². The van der Waals surface area contributed by atoms with Crippen LogP contribution in [0, 0.1) is 0 Å². The maximum atomic E-state index is 12.2. The molecule has 0 saturated carbocycles. The zero-order valence-electron chi connectivity index (χ0n) is 23.8. The van der Waals surface area contributed by atoms with Crippen LogP contribution in [0.25, 0.3) is 11.1 Å². The fourth-order valence-corrected chi connectivity index (χ4v) is 4.32. The summed E-state index contributed by atoms with van der Waals surface area (Å²) in [5.74, 6) is 0.0493. The fraction of sp³-hybridized carbons (Fsp3) is 0.581. The molecule has 1 N–H and O–H groups in total. The van der Waals surface area contributed by atoms with Crippen molar-refractivity contribution in [1.82, 2.24) is 5.32 Å². The minimum absolute atomic E-state index is 0.0493. The van der Waals surface area contributed by atoms with E-state index in [1.807, 2.05) is 24.3 Å². The number of unbranched alkanes of at least 4 members (excludes halogenated alkanes) is 1. The molecule has 0 fully saturated rings. The van der Waals surface area contributed by atoms with Crippen LogP contribution in [0.3, 0.4) is 0 Å². The lowest BCUT2D eigenvalue weighted by Crippen LogP contribution is -2.29. The van der Waals surface area contributed by atoms with Gasteiger partial charge in [0.25, 0.3) is 0 Å². The van der Waals surface area contributed by atoms with Crippen LogP contribution in [0.2, 0.25) is 0 Å². The number of hydrogen-bond acceptors (Lipinski definition) is 8. The highest BCUT2D eigenvalue weighted by Gasteiger charge is 2.28. The second-order valence-corrected chi connectivity index (χ2v) is 9.28. The normalized spacial score (nSPS) is 12.3. The van der Waals surface area contributed by atoms with Gasteiger partial charge < -0.3 is 38.5 Å². The Bertz CT molecular complexity index is 911. The molecule has 3 rings (SSSR count). The monoisotopic (exact) mass is 559 g/mol. The molecule has 0 aromatic heterocycles. The maximum absolute atomic E-state index is 12.2. The van der Waals surface area contributed by atoms with Gasteiger partial charge in [-0.05, 0) is 28.7 Å². The number of ether oxygens (including phenoxy) is 7. The zero-order valence-corrected chi connectivity index (χ0v) is 23.8. The SMILES string of the molecule is CCCCOCCOCCOCCOCCOCCOCCNC(=O)OCC1c2ccccc2-c2ccccc21. The number of nitrogens with one attached hydrogen (secondary N) is 1. The van der Waals surface area contributed by atoms with Crippen molar-refractivity contribution in [2.75, 3.05) is 92.4 Å². The van der Waals surface area contributed by atoms with Crippen molar-refractivity contribution in [3.8, 4) is 11.1 Å². The molecule has 0 heterocycles. The largest absolute Gasteiger partial charge is 0.449 e. The van der Waals surface area contributed by atoms with Gasteiger partial charge in [0.1, 0.15) is 6.61 Å². The Hall–Kier alpha value is -2.53. The second kappa shape index (κ2) is 20.4. The van der Waals surface area contributed by atoms with Gasteiger partial charge in [0.15, 0.2) is 0 Å². The number of fused-ring (bicyclic) bond motifs is 3. The molecule has 9 heteroatoms. The summed E-state index contributed by atoms with van der Waals surface area (Å²) in [5, 5.41) is 2.74. The quantitative estimate of drug-likeness (QED) is 0.200. The number of hydrogen-bond donors (Lipinski definition) is 1. The lowest BCUT2D eigenvalue weighted by atomic mass is 9.98. The molecule has 0 radical (unpaired) electrons. The van der Waals surface area contributed by atoms with E-state index in [4.69, 9.17) is 33.2 Å². The number of carbonyl (C=O) groups excluding carboxylic acids is 1. The van der Waals surface area contributed by atoms with E-state index in [1.54, 1.807) is 0 Å². The van der Waals surface area contributed by atoms with Gasteiger partial charge in [0, 0.05) is 19.1 Å². The highest BCUT2D eigenvalue weighted by atomic mass is 16.6. The van der Waals surface area contributed by atoms with Crippen LogP contribution in [-0.2, 0) is 33.2 Å². The van der Waals surface area contributed by atoms with E-state index in [9.17, 15) is 4.79 Å². The molecule has 1 amide bonds. The molecule has 0 atom stereocenters. The van der Waals surface area contributed by atoms with E-state index in [1.165, 1.54) is 22.3 Å². The van der Waals surface area contributed by atoms with Crippen molar-refractivity contribution in [3.05, 3.63) is 59.7 Å². The molecule has 0 spiro atoms. The summed E-state index contributed by atoms with van der Waals surface area (Å²) < 4.78 is 38.3. The first kappa shape index (κ1) is 32.0. The molecule has 0 unspecified atom stereocenters. The molecular weight excluding hydrogens is 514 g/mol. The minimum Gasteiger partial charge on any atom is -0.449 e. The molecule has 0 aliphatic heterocycles. The van der Waals surface area contributed by atoms with Crippen LogP contribution < -0.4 is 5.32 Å². The van der Waals surface area contributed by atoms with Gasteiger partial charge in [-0.3, -0.25) is 0 Å². The molecular formula is C31H45NO8. The van der Waals surface area contributed by atoms with E-state index in [0.717, 1.165) is 19.4 Å². The van der Waals surface area contributed by atoms with Crippen molar-refractivity contribution < 1.29 is 38.0 Å². The summed E-state index contributed by atoms with van der Waals surface area (Å²) in [6, 6.07) is 16.5. The highest BCUT2D eigenvalue weighted by Crippen LogP contribution is 2.44. The Balaban J connectivity index is 1.07. The molecule has 2 aromatic rings. The number of carbonyl (C=O) groups is 1. The van der Waals surface area contributed by atoms with Gasteiger partial charge in [-0.25, -0.2) is 4.79 Å². The predicted molar refractivity (Wildman–Crippen MR) is 153 cm³/mol. The first-order valence-corrected chi connectivity index (χ1v) is 14.4. The van der Waals surface area contributed by atoms with Crippen LogP contribution in [0.15, 0.2) is 48.5 Å². The first-order valence-electron chi connectivity index (χ1n) is 14.4. The molecule has 40 heavy (non-hydrogen) atoms. The highest BCUT2D eigenvalue weighted by molar-refractivity contribution is 5.79. The summed E-state index contributed by atoms with van der Waals surface area (Å²) in [6.45, 7) is 9.26. The van der Waals surface area contributed by atoms with E-state index in [-0.39, 0.29) is 5.92 Å². The van der Waals surface area contributed by atoms with E-state index in [0.29, 0.717) is 85.8 Å². The van der Waals surface area contributed by atoms with Crippen LogP contribution in [-0.4, -0.2) is 98.5 Å². The molecule has 0 bridgehead atoms. The van der Waals surface area contributed by atoms with Gasteiger partial charge in [0.2, 0.25) is 0 Å². The first-order chi connectivity index (χ1) is 19.8. The topological polar surface area (TPSA) is 93.7 Å². The summed E-state index contributed by atoms with van der Waals surface area (Å²) in [7, 11) is 0. The van der Waals surface area contributed by atoms with Crippen LogP contribution in [0.5, 0.6) is 0 Å². The molecule has 1 aliphatic carbocycles. The van der Waals surface area contributed by atoms with Crippen molar-refractivity contribution in [3.63, 3.8) is 0 Å². The summed E-state index contributed by atoms with van der Waals surface area (Å²) in [5.41, 5.74) is 4.80. The van der Waals surface area contributed by atoms with Crippen LogP contribution in [0.4, 0.5) is 4.79 Å². The van der Waals surface area contributed by atoms with Gasteiger partial charge in [-0.2, -0.15) is 0 Å². The number of alkyl carbamates (subject to hydrolysis) is 1. The van der Waals surface area contributed by atoms with E-state index < -0.39 is 6.09 Å². The second-order valence-electron chi connectivity index (χ2n) is 9.28. The van der Waals surface area contributed by atoms with Gasteiger partial charge in [-0.15, -0.1) is 0 Å². The standard InChI is InChI=1S/C31H45NO8/c1-2-3-13-34-15-17-36-19-21-38-23-24-39-22-20-37-18-16-35-14-12-32-31(33)40-25-30-28-10-6-4-8-26(28)27-9-5-7-11-29(27)30/h4-11,30H,2-3,12-25H2,1H3,(H,32,33). The smallest absolute Gasteiger partial charge is 0.407 e. The Labute approximate surface area is 238 Å². The average molecular weight is 560 g/mol. The van der Waals surface area contributed by atoms with Crippen molar-refractivity contribution in [2.24, 2.45) is 0 Å². The minimum atomic E-state index is -0.442. The molecule has 2 aromatic carbocycles. The predicted octanol–water partition coefficient (Wildman–Crippen LogP) is 4.42. The third kappa shape index (κ3) is 11.9. The number of amides is 1. The lowest BCUT2D eigenvalue weighted by Gasteiger charge is -2.14. The molecule has 0 saturated heterocycles. The van der Waals surface area contributed by atoms with Crippen molar-refractivity contribution in [1.29, 1.82) is 0 Å². The fourth-order valence-electron chi connectivity index (χ4n) is 4.32. The van der Waals surface area contributed by atoms with Crippen molar-refractivity contribution in [2.45, 2.75) is 25.7 Å². The van der Waals surface area contributed by atoms with Gasteiger partial charge >= 0.3 is 6.09 Å². The van der Waals surface area contributed by atoms with Gasteiger partial charge in [-0.1, -0.05) is 61.9 Å². The molecule has 222 valence electrons. The Morgan fingerprint density at radius 3 is 1.52 bits per heavy atom. The van der Waals surface area contributed by atoms with E-state index >= 15 is 0 Å². The number of benzene rings is 2. The zero-order chi connectivity index (χ0) is 28.1. The number of rotatable bonds is 23. The third-order valence-electron chi connectivity index (χ3n) is 6.36. The van der Waals surface area contributed by atoms with E-state index in [2.05, 4.69) is 36.5 Å². The summed E-state index contributed by atoms with van der Waals surface area (Å²) in [6.07, 6.45) is 1.79. The lowest BCUT2D eigenvalue weighted by molar-refractivity contribution is -0.0166. The van der Waals surface area contributed by atoms with Crippen molar-refractivity contribution >= 4 is 6.09 Å². The maximum Gasteiger partial charge on any atom is 0.407 e. The molecule has 9 nitrogen and oxygen atoms in total. The van der Waals surface area contributed by atoms with Crippen LogP contribution in [0.1, 0.15) is 36.8 Å². The molecule has 1 aliphatic rings.